The highest BCUT2D eigenvalue weighted by atomic mass is 16.5. The first-order valence-corrected chi connectivity index (χ1v) is 6.03. The summed E-state index contributed by atoms with van der Waals surface area (Å²) in [5.41, 5.74) is 7.37. The molecule has 0 spiro atoms. The van der Waals surface area contributed by atoms with Gasteiger partial charge in [-0.15, -0.1) is 0 Å². The van der Waals surface area contributed by atoms with Gasteiger partial charge in [0.15, 0.2) is 5.82 Å². The van der Waals surface area contributed by atoms with Gasteiger partial charge in [-0.1, -0.05) is 6.07 Å². The molecule has 2 heterocycles. The molecule has 0 bridgehead atoms. The van der Waals surface area contributed by atoms with E-state index in [0.29, 0.717) is 23.2 Å². The van der Waals surface area contributed by atoms with Crippen LogP contribution in [0.4, 0.5) is 17.3 Å². The highest BCUT2D eigenvalue weighted by molar-refractivity contribution is 5.71. The molecule has 0 aliphatic heterocycles. The van der Waals surface area contributed by atoms with Crippen LogP contribution in [-0.2, 0) is 0 Å². The first-order valence-electron chi connectivity index (χ1n) is 6.03. The first-order chi connectivity index (χ1) is 9.08. The second kappa shape index (κ2) is 5.51. The lowest BCUT2D eigenvalue weighted by Gasteiger charge is -2.14. The Bertz CT molecular complexity index is 571. The average molecular weight is 259 g/mol. The molecule has 0 amide bonds. The van der Waals surface area contributed by atoms with Crippen molar-refractivity contribution in [2.45, 2.75) is 26.9 Å². The maximum atomic E-state index is 5.99. The van der Waals surface area contributed by atoms with Crippen LogP contribution in [0.2, 0.25) is 0 Å². The molecule has 0 unspecified atom stereocenters. The van der Waals surface area contributed by atoms with Crippen molar-refractivity contribution >= 4 is 17.3 Å². The van der Waals surface area contributed by atoms with E-state index in [4.69, 9.17) is 10.5 Å². The molecule has 6 nitrogen and oxygen atoms in total. The van der Waals surface area contributed by atoms with E-state index in [1.165, 1.54) is 6.33 Å². The SMILES string of the molecule is Cc1cccnc1Nc1ncnc(OC(C)C)c1N. The molecular formula is C13H17N5O. The molecule has 0 aromatic carbocycles. The largest absolute Gasteiger partial charge is 0.473 e. The zero-order chi connectivity index (χ0) is 13.8. The van der Waals surface area contributed by atoms with E-state index in [0.717, 1.165) is 5.56 Å². The minimum absolute atomic E-state index is 0.00152. The number of ether oxygens (including phenoxy) is 1. The Morgan fingerprint density at radius 1 is 1.21 bits per heavy atom. The number of aromatic nitrogens is 3. The van der Waals surface area contributed by atoms with Gasteiger partial charge in [0, 0.05) is 6.20 Å². The summed E-state index contributed by atoms with van der Waals surface area (Å²) < 4.78 is 5.52. The van der Waals surface area contributed by atoms with Gasteiger partial charge < -0.3 is 15.8 Å². The maximum absolute atomic E-state index is 5.99. The van der Waals surface area contributed by atoms with E-state index in [9.17, 15) is 0 Å². The van der Waals surface area contributed by atoms with E-state index >= 15 is 0 Å². The monoisotopic (exact) mass is 259 g/mol. The number of hydrogen-bond donors (Lipinski definition) is 2. The van der Waals surface area contributed by atoms with E-state index in [-0.39, 0.29) is 6.10 Å². The van der Waals surface area contributed by atoms with Gasteiger partial charge in [-0.2, -0.15) is 4.98 Å². The molecule has 6 heteroatoms. The summed E-state index contributed by atoms with van der Waals surface area (Å²) in [7, 11) is 0. The van der Waals surface area contributed by atoms with Crippen molar-refractivity contribution in [2.24, 2.45) is 0 Å². The number of rotatable bonds is 4. The molecule has 3 N–H and O–H groups in total. The van der Waals surface area contributed by atoms with Crippen LogP contribution in [-0.4, -0.2) is 21.1 Å². The molecule has 0 fully saturated rings. The molecule has 0 aliphatic rings. The number of nitrogens with one attached hydrogen (secondary N) is 1. The normalized spacial score (nSPS) is 10.5. The van der Waals surface area contributed by atoms with Gasteiger partial charge in [-0.3, -0.25) is 0 Å². The zero-order valence-electron chi connectivity index (χ0n) is 11.2. The molecular weight excluding hydrogens is 242 g/mol. The highest BCUT2D eigenvalue weighted by Crippen LogP contribution is 2.28. The Morgan fingerprint density at radius 2 is 2.00 bits per heavy atom. The van der Waals surface area contributed by atoms with Gasteiger partial charge in [0.1, 0.15) is 17.8 Å². The molecule has 2 aromatic heterocycles. The Kier molecular flexibility index (Phi) is 3.79. The number of nitrogens with zero attached hydrogens (tertiary/aromatic N) is 3. The van der Waals surface area contributed by atoms with Gasteiger partial charge in [-0.05, 0) is 32.4 Å². The molecule has 2 aromatic rings. The van der Waals surface area contributed by atoms with Crippen molar-refractivity contribution in [2.75, 3.05) is 11.1 Å². The van der Waals surface area contributed by atoms with Gasteiger partial charge in [-0.25, -0.2) is 9.97 Å². The number of hydrogen-bond acceptors (Lipinski definition) is 6. The fraction of sp³-hybridized carbons (Fsp3) is 0.308. The molecule has 2 rings (SSSR count). The van der Waals surface area contributed by atoms with E-state index < -0.39 is 0 Å². The fourth-order valence-electron chi connectivity index (χ4n) is 1.52. The van der Waals surface area contributed by atoms with Gasteiger partial charge in [0.05, 0.1) is 6.10 Å². The third-order valence-electron chi connectivity index (χ3n) is 2.44. The first kappa shape index (κ1) is 13.1. The number of nitrogens with two attached hydrogens (primary N) is 1. The molecule has 0 aliphatic carbocycles. The fourth-order valence-corrected chi connectivity index (χ4v) is 1.52. The van der Waals surface area contributed by atoms with Gasteiger partial charge in [0.25, 0.3) is 0 Å². The van der Waals surface area contributed by atoms with Crippen LogP contribution in [0.5, 0.6) is 5.88 Å². The summed E-state index contributed by atoms with van der Waals surface area (Å²) in [5.74, 6) is 1.58. The summed E-state index contributed by atoms with van der Waals surface area (Å²) in [6.07, 6.45) is 3.12. The van der Waals surface area contributed by atoms with Crippen molar-refractivity contribution in [3.63, 3.8) is 0 Å². The zero-order valence-corrected chi connectivity index (χ0v) is 11.2. The predicted molar refractivity (Wildman–Crippen MR) is 74.5 cm³/mol. The molecule has 0 radical (unpaired) electrons. The summed E-state index contributed by atoms with van der Waals surface area (Å²) in [4.78, 5) is 12.4. The topological polar surface area (TPSA) is 86.0 Å². The van der Waals surface area contributed by atoms with Gasteiger partial charge in [0.2, 0.25) is 5.88 Å². The lowest BCUT2D eigenvalue weighted by molar-refractivity contribution is 0.234. The van der Waals surface area contributed by atoms with Crippen molar-refractivity contribution < 1.29 is 4.74 Å². The molecule has 19 heavy (non-hydrogen) atoms. The standard InChI is InChI=1S/C13H17N5O/c1-8(2)19-13-10(14)12(16-7-17-13)18-11-9(3)5-4-6-15-11/h4-8H,14H2,1-3H3,(H,15,16,17,18). The van der Waals surface area contributed by atoms with Crippen LogP contribution in [0, 0.1) is 6.92 Å². The van der Waals surface area contributed by atoms with E-state index in [1.807, 2.05) is 32.9 Å². The third-order valence-corrected chi connectivity index (χ3v) is 2.44. The van der Waals surface area contributed by atoms with E-state index in [2.05, 4.69) is 20.3 Å². The number of nitrogen functional groups attached to an aromatic ring is 1. The van der Waals surface area contributed by atoms with Crippen molar-refractivity contribution in [1.82, 2.24) is 15.0 Å². The lowest BCUT2D eigenvalue weighted by Crippen LogP contribution is -2.11. The lowest BCUT2D eigenvalue weighted by atomic mass is 10.3. The van der Waals surface area contributed by atoms with Crippen molar-refractivity contribution in [3.05, 3.63) is 30.2 Å². The molecule has 0 saturated carbocycles. The maximum Gasteiger partial charge on any atom is 0.242 e. The molecule has 0 atom stereocenters. The van der Waals surface area contributed by atoms with Crippen LogP contribution in [0.1, 0.15) is 19.4 Å². The molecule has 0 saturated heterocycles. The Balaban J connectivity index is 2.28. The number of aryl methyl sites for hydroxylation is 1. The minimum Gasteiger partial charge on any atom is -0.473 e. The molecule has 100 valence electrons. The van der Waals surface area contributed by atoms with Gasteiger partial charge >= 0.3 is 0 Å². The number of pyridine rings is 1. The third kappa shape index (κ3) is 3.09. The van der Waals surface area contributed by atoms with Crippen molar-refractivity contribution in [1.29, 1.82) is 0 Å². The summed E-state index contributed by atoms with van der Waals surface area (Å²) in [5, 5.41) is 3.09. The van der Waals surface area contributed by atoms with Crippen LogP contribution >= 0.6 is 0 Å². The number of anilines is 3. The van der Waals surface area contributed by atoms with Crippen LogP contribution in [0.25, 0.3) is 0 Å². The minimum atomic E-state index is 0.00152. The average Bonchev–Trinajstić information content (AvgIpc) is 2.36. The quantitative estimate of drug-likeness (QED) is 0.876. The van der Waals surface area contributed by atoms with Crippen LogP contribution in [0.3, 0.4) is 0 Å². The highest BCUT2D eigenvalue weighted by Gasteiger charge is 2.11. The summed E-state index contributed by atoms with van der Waals surface area (Å²) in [6, 6.07) is 3.83. The smallest absolute Gasteiger partial charge is 0.242 e. The summed E-state index contributed by atoms with van der Waals surface area (Å²) in [6.45, 7) is 5.79. The second-order valence-corrected chi connectivity index (χ2v) is 4.40. The van der Waals surface area contributed by atoms with Crippen LogP contribution in [0.15, 0.2) is 24.7 Å². The Hall–Kier alpha value is -2.37. The second-order valence-electron chi connectivity index (χ2n) is 4.40. The Labute approximate surface area is 112 Å². The van der Waals surface area contributed by atoms with E-state index in [1.54, 1.807) is 6.20 Å². The Morgan fingerprint density at radius 3 is 2.68 bits per heavy atom. The van der Waals surface area contributed by atoms with Crippen molar-refractivity contribution in [3.8, 4) is 5.88 Å². The summed E-state index contributed by atoms with van der Waals surface area (Å²) >= 11 is 0. The van der Waals surface area contributed by atoms with Crippen LogP contribution < -0.4 is 15.8 Å². The predicted octanol–water partition coefficient (Wildman–Crippen LogP) is 2.29.